The van der Waals surface area contributed by atoms with E-state index in [2.05, 4.69) is 19.2 Å². The van der Waals surface area contributed by atoms with Gasteiger partial charge in [0.2, 0.25) is 10.0 Å². The maximum atomic E-state index is 12.5. The minimum Gasteiger partial charge on any atom is -0.396 e. The molecule has 1 aliphatic heterocycles. The van der Waals surface area contributed by atoms with Crippen LogP contribution in [0.5, 0.6) is 0 Å². The molecule has 0 aromatic heterocycles. The molecule has 2 N–H and O–H groups in total. The van der Waals surface area contributed by atoms with E-state index in [1.807, 2.05) is 12.1 Å². The van der Waals surface area contributed by atoms with Crippen molar-refractivity contribution in [3.63, 3.8) is 0 Å². The van der Waals surface area contributed by atoms with Crippen LogP contribution in [-0.2, 0) is 16.6 Å². The predicted molar refractivity (Wildman–Crippen MR) is 82.4 cm³/mol. The number of aliphatic hydroxyl groups excluding tert-OH is 1. The van der Waals surface area contributed by atoms with Crippen molar-refractivity contribution in [1.29, 1.82) is 0 Å². The van der Waals surface area contributed by atoms with Crippen molar-refractivity contribution in [2.24, 2.45) is 5.92 Å². The molecule has 2 rings (SSSR count). The van der Waals surface area contributed by atoms with Gasteiger partial charge in [-0.25, -0.2) is 8.42 Å². The summed E-state index contributed by atoms with van der Waals surface area (Å²) in [4.78, 5) is 0.328. The fourth-order valence-electron chi connectivity index (χ4n) is 2.41. The van der Waals surface area contributed by atoms with Crippen molar-refractivity contribution < 1.29 is 13.5 Å². The van der Waals surface area contributed by atoms with Gasteiger partial charge in [0.05, 0.1) is 4.90 Å². The van der Waals surface area contributed by atoms with Gasteiger partial charge in [0, 0.05) is 32.3 Å². The molecule has 1 atom stereocenters. The van der Waals surface area contributed by atoms with Gasteiger partial charge in [-0.3, -0.25) is 0 Å². The third-order valence-corrected chi connectivity index (χ3v) is 5.66. The van der Waals surface area contributed by atoms with E-state index >= 15 is 0 Å². The molecule has 1 heterocycles. The summed E-state index contributed by atoms with van der Waals surface area (Å²) in [5.41, 5.74) is 1.07. The normalized spacial score (nSPS) is 20.3. The van der Waals surface area contributed by atoms with Gasteiger partial charge in [0.25, 0.3) is 0 Å². The van der Waals surface area contributed by atoms with E-state index in [0.717, 1.165) is 18.5 Å². The van der Waals surface area contributed by atoms with Crippen LogP contribution in [0.3, 0.4) is 0 Å². The topological polar surface area (TPSA) is 69.6 Å². The lowest BCUT2D eigenvalue weighted by Gasteiger charge is -2.16. The number of rotatable bonds is 6. The van der Waals surface area contributed by atoms with E-state index in [4.69, 9.17) is 5.11 Å². The summed E-state index contributed by atoms with van der Waals surface area (Å²) in [6, 6.07) is 7.43. The first-order valence-corrected chi connectivity index (χ1v) is 8.81. The molecule has 1 aromatic carbocycles. The molecule has 0 aliphatic carbocycles. The Morgan fingerprint density at radius 3 is 2.52 bits per heavy atom. The summed E-state index contributed by atoms with van der Waals surface area (Å²) < 4.78 is 26.5. The van der Waals surface area contributed by atoms with Gasteiger partial charge in [-0.15, -0.1) is 0 Å². The maximum absolute atomic E-state index is 12.5. The lowest BCUT2D eigenvalue weighted by molar-refractivity contribution is 0.233. The lowest BCUT2D eigenvalue weighted by atomic mass is 10.1. The SMILES string of the molecule is CC(C)NCc1ccc(S(=O)(=O)N2CCC(CO)C2)cc1. The smallest absolute Gasteiger partial charge is 0.243 e. The van der Waals surface area contributed by atoms with Crippen molar-refractivity contribution in [3.05, 3.63) is 29.8 Å². The van der Waals surface area contributed by atoms with Gasteiger partial charge < -0.3 is 10.4 Å². The number of nitrogens with one attached hydrogen (secondary N) is 1. The summed E-state index contributed by atoms with van der Waals surface area (Å²) >= 11 is 0. The highest BCUT2D eigenvalue weighted by Gasteiger charge is 2.31. The Hall–Kier alpha value is -0.950. The molecule has 0 spiro atoms. The molecule has 5 nitrogen and oxygen atoms in total. The molecule has 0 bridgehead atoms. The van der Waals surface area contributed by atoms with E-state index in [1.54, 1.807) is 12.1 Å². The van der Waals surface area contributed by atoms with Gasteiger partial charge in [-0.1, -0.05) is 26.0 Å². The fraction of sp³-hybridized carbons (Fsp3) is 0.600. The Kier molecular flexibility index (Phi) is 5.37. The van der Waals surface area contributed by atoms with Gasteiger partial charge in [0.15, 0.2) is 0 Å². The quantitative estimate of drug-likeness (QED) is 0.828. The minimum absolute atomic E-state index is 0.0474. The van der Waals surface area contributed by atoms with Gasteiger partial charge in [-0.2, -0.15) is 4.31 Å². The van der Waals surface area contributed by atoms with Crippen molar-refractivity contribution in [2.75, 3.05) is 19.7 Å². The number of aliphatic hydroxyl groups is 1. The maximum Gasteiger partial charge on any atom is 0.243 e. The third-order valence-electron chi connectivity index (χ3n) is 3.78. The highest BCUT2D eigenvalue weighted by molar-refractivity contribution is 7.89. The van der Waals surface area contributed by atoms with Gasteiger partial charge in [-0.05, 0) is 30.0 Å². The molecule has 1 saturated heterocycles. The largest absolute Gasteiger partial charge is 0.396 e. The molecule has 6 heteroatoms. The highest BCUT2D eigenvalue weighted by Crippen LogP contribution is 2.24. The van der Waals surface area contributed by atoms with E-state index in [-0.39, 0.29) is 12.5 Å². The second kappa shape index (κ2) is 6.87. The van der Waals surface area contributed by atoms with Crippen LogP contribution < -0.4 is 5.32 Å². The zero-order valence-corrected chi connectivity index (χ0v) is 13.4. The average molecular weight is 312 g/mol. The predicted octanol–water partition coefficient (Wildman–Crippen LogP) is 1.19. The zero-order chi connectivity index (χ0) is 15.5. The number of benzene rings is 1. The van der Waals surface area contributed by atoms with E-state index in [0.29, 0.717) is 24.0 Å². The molecule has 1 unspecified atom stereocenters. The Labute approximate surface area is 127 Å². The molecule has 1 fully saturated rings. The van der Waals surface area contributed by atoms with Crippen LogP contribution in [0, 0.1) is 5.92 Å². The summed E-state index contributed by atoms with van der Waals surface area (Å²) in [6.45, 7) is 5.83. The zero-order valence-electron chi connectivity index (χ0n) is 12.6. The first-order chi connectivity index (χ1) is 9.93. The second-order valence-corrected chi connectivity index (χ2v) is 7.82. The van der Waals surface area contributed by atoms with Gasteiger partial charge in [0.1, 0.15) is 0 Å². The molecule has 0 amide bonds. The summed E-state index contributed by atoms with van der Waals surface area (Å²) in [5, 5.41) is 12.4. The van der Waals surface area contributed by atoms with Gasteiger partial charge >= 0.3 is 0 Å². The number of sulfonamides is 1. The highest BCUT2D eigenvalue weighted by atomic mass is 32.2. The van der Waals surface area contributed by atoms with E-state index in [1.165, 1.54) is 4.31 Å². The average Bonchev–Trinajstić information content (AvgIpc) is 2.95. The first kappa shape index (κ1) is 16.4. The lowest BCUT2D eigenvalue weighted by Crippen LogP contribution is -2.29. The number of nitrogens with zero attached hydrogens (tertiary/aromatic N) is 1. The Balaban J connectivity index is 2.07. The first-order valence-electron chi connectivity index (χ1n) is 7.37. The molecule has 21 heavy (non-hydrogen) atoms. The van der Waals surface area contributed by atoms with E-state index in [9.17, 15) is 8.42 Å². The van der Waals surface area contributed by atoms with Crippen LogP contribution in [0.15, 0.2) is 29.2 Å². The Bertz CT molecular complexity index is 555. The molecule has 0 radical (unpaired) electrons. The van der Waals surface area contributed by atoms with E-state index < -0.39 is 10.0 Å². The summed E-state index contributed by atoms with van der Waals surface area (Å²) in [5.74, 6) is 0.0642. The van der Waals surface area contributed by atoms with Crippen molar-refractivity contribution in [1.82, 2.24) is 9.62 Å². The van der Waals surface area contributed by atoms with Crippen molar-refractivity contribution in [3.8, 4) is 0 Å². The van der Waals surface area contributed by atoms with Crippen molar-refractivity contribution in [2.45, 2.75) is 37.8 Å². The summed E-state index contributed by atoms with van der Waals surface area (Å²) in [7, 11) is -3.43. The minimum atomic E-state index is -3.43. The van der Waals surface area contributed by atoms with Crippen LogP contribution in [-0.4, -0.2) is 43.6 Å². The fourth-order valence-corrected chi connectivity index (χ4v) is 3.95. The van der Waals surface area contributed by atoms with Crippen LogP contribution in [0.2, 0.25) is 0 Å². The summed E-state index contributed by atoms with van der Waals surface area (Å²) in [6.07, 6.45) is 0.728. The van der Waals surface area contributed by atoms with Crippen LogP contribution in [0.4, 0.5) is 0 Å². The number of hydrogen-bond donors (Lipinski definition) is 2. The molecular weight excluding hydrogens is 288 g/mol. The Morgan fingerprint density at radius 2 is 2.00 bits per heavy atom. The van der Waals surface area contributed by atoms with Crippen LogP contribution in [0.1, 0.15) is 25.8 Å². The monoisotopic (exact) mass is 312 g/mol. The standard InChI is InChI=1S/C15H24N2O3S/c1-12(2)16-9-13-3-5-15(6-4-13)21(19,20)17-8-7-14(10-17)11-18/h3-6,12,14,16,18H,7-11H2,1-2H3. The molecule has 118 valence electrons. The van der Waals surface area contributed by atoms with Crippen LogP contribution in [0.25, 0.3) is 0 Å². The molecule has 0 saturated carbocycles. The van der Waals surface area contributed by atoms with Crippen molar-refractivity contribution >= 4 is 10.0 Å². The number of hydrogen-bond acceptors (Lipinski definition) is 4. The van der Waals surface area contributed by atoms with Crippen LogP contribution >= 0.6 is 0 Å². The molecular formula is C15H24N2O3S. The Morgan fingerprint density at radius 1 is 1.33 bits per heavy atom. The molecule has 1 aromatic rings. The second-order valence-electron chi connectivity index (χ2n) is 5.88. The third kappa shape index (κ3) is 4.03. The molecule has 1 aliphatic rings.